The van der Waals surface area contributed by atoms with Gasteiger partial charge in [-0.3, -0.25) is 0 Å². The van der Waals surface area contributed by atoms with Gasteiger partial charge in [0.15, 0.2) is 11.4 Å². The predicted molar refractivity (Wildman–Crippen MR) is 85.9 cm³/mol. The Morgan fingerprint density at radius 3 is 2.39 bits per heavy atom. The minimum atomic E-state index is -4.12. The van der Waals surface area contributed by atoms with E-state index in [0.717, 1.165) is 5.56 Å². The van der Waals surface area contributed by atoms with Gasteiger partial charge in [-0.15, -0.1) is 0 Å². The maximum absolute atomic E-state index is 12.4. The zero-order valence-electron chi connectivity index (χ0n) is 12.1. The molecule has 0 aliphatic carbocycles. The van der Waals surface area contributed by atoms with Crippen molar-refractivity contribution in [3.05, 3.63) is 64.5 Å². The summed E-state index contributed by atoms with van der Waals surface area (Å²) in [6, 6.07) is 12.6. The first kappa shape index (κ1) is 15.1. The molecule has 6 nitrogen and oxygen atoms in total. The summed E-state index contributed by atoms with van der Waals surface area (Å²) in [4.78, 5) is 11.7. The molecule has 0 fully saturated rings. The SMILES string of the molecule is Cc1ccc(S(=O)(=O)Oc2c(N)c(=O)oc3ccccc23)cc1. The summed E-state index contributed by atoms with van der Waals surface area (Å²) in [6.07, 6.45) is 0. The number of nitrogens with two attached hydrogens (primary N) is 1. The van der Waals surface area contributed by atoms with Gasteiger partial charge in [0, 0.05) is 0 Å². The molecule has 0 spiro atoms. The van der Waals surface area contributed by atoms with Crippen LogP contribution in [0.25, 0.3) is 11.0 Å². The summed E-state index contributed by atoms with van der Waals surface area (Å²) in [6.45, 7) is 1.84. The lowest BCUT2D eigenvalue weighted by molar-refractivity contribution is 0.484. The summed E-state index contributed by atoms with van der Waals surface area (Å²) in [5.74, 6) is -0.225. The number of fused-ring (bicyclic) bond motifs is 1. The molecule has 0 saturated carbocycles. The summed E-state index contributed by atoms with van der Waals surface area (Å²) in [5.41, 5.74) is 5.53. The highest BCUT2D eigenvalue weighted by molar-refractivity contribution is 7.87. The molecule has 118 valence electrons. The van der Waals surface area contributed by atoms with E-state index >= 15 is 0 Å². The Balaban J connectivity index is 2.16. The van der Waals surface area contributed by atoms with Crippen LogP contribution in [-0.4, -0.2) is 8.42 Å². The molecule has 0 radical (unpaired) electrons. The predicted octanol–water partition coefficient (Wildman–Crippen LogP) is 2.45. The van der Waals surface area contributed by atoms with Crippen molar-refractivity contribution in [2.75, 3.05) is 5.73 Å². The number of nitrogen functional groups attached to an aromatic ring is 1. The number of rotatable bonds is 3. The van der Waals surface area contributed by atoms with E-state index in [1.54, 1.807) is 30.3 Å². The summed E-state index contributed by atoms with van der Waals surface area (Å²) in [5, 5.41) is 0.306. The van der Waals surface area contributed by atoms with Gasteiger partial charge in [-0.05, 0) is 31.2 Å². The fraction of sp³-hybridized carbons (Fsp3) is 0.0625. The van der Waals surface area contributed by atoms with Gasteiger partial charge in [-0.2, -0.15) is 8.42 Å². The number of hydrogen-bond donors (Lipinski definition) is 1. The molecule has 0 aliphatic rings. The average Bonchev–Trinajstić information content (AvgIpc) is 2.52. The Hall–Kier alpha value is -2.80. The standard InChI is InChI=1S/C16H13NO5S/c1-10-6-8-11(9-7-10)23(19,20)22-15-12-4-2-3-5-13(12)21-16(18)14(15)17/h2-9H,17H2,1H3. The van der Waals surface area contributed by atoms with E-state index in [1.165, 1.54) is 18.2 Å². The summed E-state index contributed by atoms with van der Waals surface area (Å²) in [7, 11) is -4.12. The van der Waals surface area contributed by atoms with Crippen molar-refractivity contribution >= 4 is 26.8 Å². The molecule has 0 unspecified atom stereocenters. The molecule has 2 N–H and O–H groups in total. The van der Waals surface area contributed by atoms with Crippen LogP contribution in [0.2, 0.25) is 0 Å². The lowest BCUT2D eigenvalue weighted by Crippen LogP contribution is -2.15. The highest BCUT2D eigenvalue weighted by Crippen LogP contribution is 2.31. The third kappa shape index (κ3) is 2.78. The van der Waals surface area contributed by atoms with Crippen molar-refractivity contribution in [2.45, 2.75) is 11.8 Å². The van der Waals surface area contributed by atoms with Crippen LogP contribution in [-0.2, 0) is 10.1 Å². The molecule has 0 saturated heterocycles. The Morgan fingerprint density at radius 1 is 1.04 bits per heavy atom. The summed E-state index contributed by atoms with van der Waals surface area (Å²) < 4.78 is 35.0. The average molecular weight is 331 g/mol. The Morgan fingerprint density at radius 2 is 1.70 bits per heavy atom. The van der Waals surface area contributed by atoms with E-state index in [-0.39, 0.29) is 21.9 Å². The van der Waals surface area contributed by atoms with Crippen molar-refractivity contribution < 1.29 is 17.0 Å². The lowest BCUT2D eigenvalue weighted by atomic mass is 10.2. The van der Waals surface area contributed by atoms with Gasteiger partial charge < -0.3 is 14.3 Å². The highest BCUT2D eigenvalue weighted by atomic mass is 32.2. The van der Waals surface area contributed by atoms with Gasteiger partial charge in [0.25, 0.3) is 0 Å². The van der Waals surface area contributed by atoms with Crippen molar-refractivity contribution in [2.24, 2.45) is 0 Å². The zero-order valence-corrected chi connectivity index (χ0v) is 13.0. The molecule has 1 aromatic heterocycles. The van der Waals surface area contributed by atoms with Crippen LogP contribution >= 0.6 is 0 Å². The topological polar surface area (TPSA) is 99.6 Å². The van der Waals surface area contributed by atoms with Gasteiger partial charge in [0.2, 0.25) is 0 Å². The van der Waals surface area contributed by atoms with Crippen LogP contribution in [0.4, 0.5) is 5.69 Å². The fourth-order valence-corrected chi connectivity index (χ4v) is 3.05. The maximum atomic E-state index is 12.4. The maximum Gasteiger partial charge on any atom is 0.363 e. The molecule has 23 heavy (non-hydrogen) atoms. The molecule has 2 aromatic carbocycles. The van der Waals surface area contributed by atoms with Gasteiger partial charge in [0.05, 0.1) is 5.39 Å². The van der Waals surface area contributed by atoms with Crippen LogP contribution in [0, 0.1) is 6.92 Å². The third-order valence-electron chi connectivity index (χ3n) is 3.30. The van der Waals surface area contributed by atoms with Gasteiger partial charge in [0.1, 0.15) is 10.5 Å². The van der Waals surface area contributed by atoms with Crippen LogP contribution in [0.15, 0.2) is 62.6 Å². The number of hydrogen-bond acceptors (Lipinski definition) is 6. The molecule has 3 aromatic rings. The van der Waals surface area contributed by atoms with E-state index < -0.39 is 15.7 Å². The van der Waals surface area contributed by atoms with Gasteiger partial charge in [-0.25, -0.2) is 4.79 Å². The van der Waals surface area contributed by atoms with E-state index in [2.05, 4.69) is 0 Å². The molecular formula is C16H13NO5S. The normalized spacial score (nSPS) is 11.5. The van der Waals surface area contributed by atoms with Crippen molar-refractivity contribution in [1.29, 1.82) is 0 Å². The van der Waals surface area contributed by atoms with Crippen LogP contribution < -0.4 is 15.5 Å². The monoisotopic (exact) mass is 331 g/mol. The molecule has 0 amide bonds. The van der Waals surface area contributed by atoms with Crippen LogP contribution in [0.1, 0.15) is 5.56 Å². The molecule has 7 heteroatoms. The van der Waals surface area contributed by atoms with E-state index in [1.807, 2.05) is 6.92 Å². The Kier molecular flexibility index (Phi) is 3.57. The second kappa shape index (κ2) is 5.44. The Bertz CT molecular complexity index is 1040. The lowest BCUT2D eigenvalue weighted by Gasteiger charge is -2.11. The van der Waals surface area contributed by atoms with Crippen molar-refractivity contribution in [3.63, 3.8) is 0 Å². The molecule has 1 heterocycles. The third-order valence-corrected chi connectivity index (χ3v) is 4.54. The van der Waals surface area contributed by atoms with Gasteiger partial charge in [-0.1, -0.05) is 29.8 Å². The van der Waals surface area contributed by atoms with Crippen molar-refractivity contribution in [1.82, 2.24) is 0 Å². The zero-order chi connectivity index (χ0) is 16.6. The smallest absolute Gasteiger partial charge is 0.363 e. The number of anilines is 1. The quantitative estimate of drug-likeness (QED) is 0.584. The largest absolute Gasteiger partial charge is 0.421 e. The van der Waals surface area contributed by atoms with Crippen LogP contribution in [0.3, 0.4) is 0 Å². The Labute approximate surface area is 132 Å². The number of aryl methyl sites for hydroxylation is 1. The highest BCUT2D eigenvalue weighted by Gasteiger charge is 2.22. The second-order valence-corrected chi connectivity index (χ2v) is 6.53. The molecule has 0 aliphatic heterocycles. The number of benzene rings is 2. The van der Waals surface area contributed by atoms with Crippen molar-refractivity contribution in [3.8, 4) is 5.75 Å². The van der Waals surface area contributed by atoms with E-state index in [9.17, 15) is 13.2 Å². The molecular weight excluding hydrogens is 318 g/mol. The minimum absolute atomic E-state index is 0.0279. The molecule has 3 rings (SSSR count). The summed E-state index contributed by atoms with van der Waals surface area (Å²) >= 11 is 0. The molecule has 0 bridgehead atoms. The van der Waals surface area contributed by atoms with Crippen LogP contribution in [0.5, 0.6) is 5.75 Å². The number of para-hydroxylation sites is 1. The van der Waals surface area contributed by atoms with E-state index in [4.69, 9.17) is 14.3 Å². The van der Waals surface area contributed by atoms with Gasteiger partial charge >= 0.3 is 15.7 Å². The second-order valence-electron chi connectivity index (χ2n) is 4.98. The fourth-order valence-electron chi connectivity index (χ4n) is 2.09. The van der Waals surface area contributed by atoms with E-state index in [0.29, 0.717) is 5.39 Å². The molecule has 0 atom stereocenters. The first-order chi connectivity index (χ1) is 10.9. The first-order valence-electron chi connectivity index (χ1n) is 6.71. The minimum Gasteiger partial charge on any atom is -0.421 e. The first-order valence-corrected chi connectivity index (χ1v) is 8.12.